The van der Waals surface area contributed by atoms with Gasteiger partial charge in [0.1, 0.15) is 0 Å². The van der Waals surface area contributed by atoms with E-state index in [1.54, 1.807) is 10.7 Å². The first-order valence-electron chi connectivity index (χ1n) is 9.01. The molecular weight excluding hydrogens is 314 g/mol. The van der Waals surface area contributed by atoms with E-state index < -0.39 is 0 Å². The van der Waals surface area contributed by atoms with Gasteiger partial charge in [0, 0.05) is 19.0 Å². The number of aromatic nitrogens is 2. The lowest BCUT2D eigenvalue weighted by Crippen LogP contribution is -2.41. The maximum absolute atomic E-state index is 12.7. The lowest BCUT2D eigenvalue weighted by atomic mass is 9.68. The van der Waals surface area contributed by atoms with E-state index in [1.807, 2.05) is 42.1 Å². The molecule has 1 heterocycles. The highest BCUT2D eigenvalue weighted by Gasteiger charge is 2.36. The van der Waals surface area contributed by atoms with Crippen molar-refractivity contribution >= 4 is 5.91 Å². The molecule has 0 spiro atoms. The number of benzene rings is 1. The molecule has 1 amide bonds. The van der Waals surface area contributed by atoms with E-state index in [-0.39, 0.29) is 22.8 Å². The van der Waals surface area contributed by atoms with Crippen molar-refractivity contribution in [3.8, 4) is 5.69 Å². The predicted molar refractivity (Wildman–Crippen MR) is 98.6 cm³/mol. The Morgan fingerprint density at radius 2 is 1.96 bits per heavy atom. The zero-order valence-electron chi connectivity index (χ0n) is 15.3. The van der Waals surface area contributed by atoms with E-state index in [0.29, 0.717) is 6.54 Å². The predicted octanol–water partition coefficient (Wildman–Crippen LogP) is 3.01. The van der Waals surface area contributed by atoms with Crippen LogP contribution in [-0.2, 0) is 18.4 Å². The zero-order valence-corrected chi connectivity index (χ0v) is 15.3. The van der Waals surface area contributed by atoms with Crippen molar-refractivity contribution in [3.63, 3.8) is 0 Å². The molecule has 0 aliphatic heterocycles. The highest BCUT2D eigenvalue weighted by molar-refractivity contribution is 5.79. The highest BCUT2D eigenvalue weighted by Crippen LogP contribution is 2.40. The fourth-order valence-electron chi connectivity index (χ4n) is 3.89. The summed E-state index contributed by atoms with van der Waals surface area (Å²) in [6.07, 6.45) is 4.35. The molecule has 0 saturated heterocycles. The largest absolute Gasteiger partial charge is 0.350 e. The summed E-state index contributed by atoms with van der Waals surface area (Å²) in [7, 11) is 1.85. The molecule has 1 atom stereocenters. The molecule has 3 rings (SSSR count). The van der Waals surface area contributed by atoms with Crippen LogP contribution in [0.4, 0.5) is 0 Å². The van der Waals surface area contributed by atoms with Crippen molar-refractivity contribution in [2.24, 2.45) is 18.4 Å². The van der Waals surface area contributed by atoms with E-state index in [4.69, 9.17) is 0 Å². The Hall–Kier alpha value is -2.30. The SMILES string of the molecule is Cn1c(CNC(=O)[C@H]2CCCCC2(C)C)cc(=O)n1-c1ccccc1. The van der Waals surface area contributed by atoms with Crippen LogP contribution in [0.5, 0.6) is 0 Å². The molecule has 0 radical (unpaired) electrons. The van der Waals surface area contributed by atoms with Crippen LogP contribution in [-0.4, -0.2) is 15.3 Å². The molecule has 5 heteroatoms. The van der Waals surface area contributed by atoms with Gasteiger partial charge in [-0.3, -0.25) is 14.3 Å². The first-order valence-corrected chi connectivity index (χ1v) is 9.01. The number of nitrogens with one attached hydrogen (secondary N) is 1. The molecule has 1 aliphatic rings. The van der Waals surface area contributed by atoms with E-state index in [2.05, 4.69) is 19.2 Å². The van der Waals surface area contributed by atoms with Crippen molar-refractivity contribution in [1.82, 2.24) is 14.7 Å². The lowest BCUT2D eigenvalue weighted by Gasteiger charge is -2.37. The van der Waals surface area contributed by atoms with E-state index in [0.717, 1.165) is 30.6 Å². The van der Waals surface area contributed by atoms with Gasteiger partial charge >= 0.3 is 0 Å². The number of carbonyl (C=O) groups excluding carboxylic acids is 1. The number of rotatable bonds is 4. The molecule has 1 fully saturated rings. The Balaban J connectivity index is 1.74. The van der Waals surface area contributed by atoms with Gasteiger partial charge in [-0.25, -0.2) is 4.68 Å². The van der Waals surface area contributed by atoms with Crippen molar-refractivity contribution < 1.29 is 4.79 Å². The van der Waals surface area contributed by atoms with Gasteiger partial charge in [0.25, 0.3) is 5.56 Å². The molecule has 1 saturated carbocycles. The van der Waals surface area contributed by atoms with Crippen LogP contribution in [0.3, 0.4) is 0 Å². The number of hydrogen-bond acceptors (Lipinski definition) is 2. The molecule has 25 heavy (non-hydrogen) atoms. The summed E-state index contributed by atoms with van der Waals surface area (Å²) in [5.74, 6) is 0.152. The highest BCUT2D eigenvalue weighted by atomic mass is 16.2. The number of amides is 1. The van der Waals surface area contributed by atoms with Crippen molar-refractivity contribution in [3.05, 3.63) is 52.4 Å². The van der Waals surface area contributed by atoms with E-state index in [1.165, 1.54) is 6.42 Å². The smallest absolute Gasteiger partial charge is 0.271 e. The molecule has 1 aromatic carbocycles. The van der Waals surface area contributed by atoms with Gasteiger partial charge in [0.05, 0.1) is 17.9 Å². The Bertz CT molecular complexity index is 802. The number of hydrogen-bond donors (Lipinski definition) is 1. The summed E-state index contributed by atoms with van der Waals surface area (Å²) < 4.78 is 3.43. The van der Waals surface area contributed by atoms with Crippen LogP contribution in [0.15, 0.2) is 41.2 Å². The Kier molecular flexibility index (Phi) is 4.84. The summed E-state index contributed by atoms with van der Waals surface area (Å²) in [6, 6.07) is 11.1. The maximum Gasteiger partial charge on any atom is 0.271 e. The van der Waals surface area contributed by atoms with Gasteiger partial charge in [-0.15, -0.1) is 0 Å². The van der Waals surface area contributed by atoms with Gasteiger partial charge < -0.3 is 5.32 Å². The second kappa shape index (κ2) is 6.90. The Morgan fingerprint density at radius 1 is 1.24 bits per heavy atom. The second-order valence-corrected chi connectivity index (χ2v) is 7.65. The maximum atomic E-state index is 12.7. The number of nitrogens with zero attached hydrogens (tertiary/aromatic N) is 2. The van der Waals surface area contributed by atoms with Crippen LogP contribution < -0.4 is 10.9 Å². The first kappa shape index (κ1) is 17.5. The Labute approximate surface area is 148 Å². The molecule has 134 valence electrons. The zero-order chi connectivity index (χ0) is 18.0. The minimum atomic E-state index is -0.0871. The minimum Gasteiger partial charge on any atom is -0.350 e. The van der Waals surface area contributed by atoms with Gasteiger partial charge in [0.2, 0.25) is 5.91 Å². The first-order chi connectivity index (χ1) is 11.9. The van der Waals surface area contributed by atoms with Crippen LogP contribution >= 0.6 is 0 Å². The van der Waals surface area contributed by atoms with Crippen LogP contribution in [0.1, 0.15) is 45.2 Å². The van der Waals surface area contributed by atoms with Crippen LogP contribution in [0.25, 0.3) is 5.69 Å². The summed E-state index contributed by atoms with van der Waals surface area (Å²) in [4.78, 5) is 25.0. The molecule has 1 aliphatic carbocycles. The van der Waals surface area contributed by atoms with E-state index >= 15 is 0 Å². The average molecular weight is 341 g/mol. The molecule has 5 nitrogen and oxygen atoms in total. The average Bonchev–Trinajstić information content (AvgIpc) is 2.87. The van der Waals surface area contributed by atoms with Crippen molar-refractivity contribution in [1.29, 1.82) is 0 Å². The molecule has 0 bridgehead atoms. The van der Waals surface area contributed by atoms with Crippen molar-refractivity contribution in [2.45, 2.75) is 46.1 Å². The van der Waals surface area contributed by atoms with Gasteiger partial charge in [-0.2, -0.15) is 0 Å². The minimum absolute atomic E-state index is 0.0458. The van der Waals surface area contributed by atoms with Crippen molar-refractivity contribution in [2.75, 3.05) is 0 Å². The Morgan fingerprint density at radius 3 is 2.64 bits per heavy atom. The summed E-state index contributed by atoms with van der Waals surface area (Å²) in [6.45, 7) is 4.73. The van der Waals surface area contributed by atoms with Gasteiger partial charge in [-0.05, 0) is 30.4 Å². The fraction of sp³-hybridized carbons (Fsp3) is 0.500. The van der Waals surface area contributed by atoms with Gasteiger partial charge in [0.15, 0.2) is 0 Å². The summed E-state index contributed by atoms with van der Waals surface area (Å²) >= 11 is 0. The summed E-state index contributed by atoms with van der Waals surface area (Å²) in [5.41, 5.74) is 1.58. The monoisotopic (exact) mass is 341 g/mol. The number of para-hydroxylation sites is 1. The fourth-order valence-corrected chi connectivity index (χ4v) is 3.89. The normalized spacial score (nSPS) is 19.6. The third-order valence-corrected chi connectivity index (χ3v) is 5.48. The quantitative estimate of drug-likeness (QED) is 0.929. The molecule has 1 aromatic heterocycles. The van der Waals surface area contributed by atoms with Crippen LogP contribution in [0, 0.1) is 11.3 Å². The summed E-state index contributed by atoms with van der Waals surface area (Å²) in [5, 5.41) is 3.05. The van der Waals surface area contributed by atoms with Gasteiger partial charge in [-0.1, -0.05) is 44.9 Å². The number of carbonyl (C=O) groups is 1. The topological polar surface area (TPSA) is 56.0 Å². The third kappa shape index (κ3) is 3.55. The lowest BCUT2D eigenvalue weighted by molar-refractivity contribution is -0.130. The molecule has 2 aromatic rings. The molecular formula is C20H27N3O2. The molecule has 1 N–H and O–H groups in total. The van der Waals surface area contributed by atoms with Crippen LogP contribution in [0.2, 0.25) is 0 Å². The molecule has 0 unspecified atom stereocenters. The standard InChI is InChI=1S/C20H27N3O2/c1-20(2)12-8-7-11-17(20)19(25)21-14-16-13-18(24)23(22(16)3)15-9-5-4-6-10-15/h4-6,9-10,13,17H,7-8,11-12,14H2,1-3H3,(H,21,25)/t17-/m1/s1. The second-order valence-electron chi connectivity index (χ2n) is 7.65. The third-order valence-electron chi connectivity index (χ3n) is 5.48. The van der Waals surface area contributed by atoms with E-state index in [9.17, 15) is 9.59 Å².